The fraction of sp³-hybridized carbons (Fsp3) is 0.400. The third-order valence-electron chi connectivity index (χ3n) is 19.2. The summed E-state index contributed by atoms with van der Waals surface area (Å²) in [6.45, 7) is 6.95. The van der Waals surface area contributed by atoms with Gasteiger partial charge in [-0.1, -0.05) is 147 Å². The number of likely N-dealkylation sites (tertiary alicyclic amines) is 1. The second-order valence-electron chi connectivity index (χ2n) is 28.3. The average Bonchev–Trinajstić information content (AvgIpc) is 1.07. The monoisotopic (exact) mass is 1580 g/mol. The Morgan fingerprint density at radius 3 is 1.64 bits per heavy atom. The van der Waals surface area contributed by atoms with Gasteiger partial charge in [-0.2, -0.15) is 0 Å². The van der Waals surface area contributed by atoms with E-state index < -0.39 is 150 Å². The lowest BCUT2D eigenvalue weighted by atomic mass is 9.97. The van der Waals surface area contributed by atoms with Crippen molar-refractivity contribution in [1.29, 1.82) is 5.41 Å². The van der Waals surface area contributed by atoms with Gasteiger partial charge in [0.05, 0.1) is 25.4 Å². The molecule has 32 nitrogen and oxygen atoms in total. The van der Waals surface area contributed by atoms with Crippen LogP contribution in [0.1, 0.15) is 109 Å². The molecule has 0 radical (unpaired) electrons. The normalized spacial score (nSPS) is 15.8. The van der Waals surface area contributed by atoms with Gasteiger partial charge >= 0.3 is 11.9 Å². The topological polar surface area (TPSA) is 494 Å². The number of halogens is 1. The van der Waals surface area contributed by atoms with Crippen molar-refractivity contribution < 1.29 is 82.4 Å². The molecule has 0 aliphatic carbocycles. The minimum absolute atomic E-state index is 0.0117. The highest BCUT2D eigenvalue weighted by atomic mass is 35.5. The number of amides is 11. The number of ether oxygens (including phenoxy) is 1. The number of aliphatic hydroxyl groups excluding tert-OH is 1. The third kappa shape index (κ3) is 26.7. The summed E-state index contributed by atoms with van der Waals surface area (Å²) in [5, 5.41) is 66.6. The van der Waals surface area contributed by atoms with Crippen LogP contribution in [0.4, 0.5) is 0 Å². The Kier molecular flexibility index (Phi) is 32.6. The molecule has 11 amide bonds. The number of carboxylic acids is 2. The maximum Gasteiger partial charge on any atom is 0.335 e. The zero-order chi connectivity index (χ0) is 81.8. The van der Waals surface area contributed by atoms with E-state index in [1.807, 2.05) is 36.4 Å². The third-order valence-corrected chi connectivity index (χ3v) is 19.4. The molecule has 2 saturated heterocycles. The second kappa shape index (κ2) is 42.5. The predicted octanol–water partition coefficient (Wildman–Crippen LogP) is 1.30. The molecule has 2 heterocycles. The number of aliphatic hydroxyl groups is 1. The quantitative estimate of drug-likeness (QED) is 0.0112. The van der Waals surface area contributed by atoms with E-state index in [-0.39, 0.29) is 87.5 Å². The fourth-order valence-corrected chi connectivity index (χ4v) is 13.3. The molecule has 33 heteroatoms. The first-order valence-electron chi connectivity index (χ1n) is 37.2. The van der Waals surface area contributed by atoms with Gasteiger partial charge in [-0.25, -0.2) is 4.79 Å². The van der Waals surface area contributed by atoms with Gasteiger partial charge in [-0.3, -0.25) is 67.8 Å². The second-order valence-corrected chi connectivity index (χ2v) is 28.8. The van der Waals surface area contributed by atoms with Crippen LogP contribution in [0.15, 0.2) is 146 Å². The zero-order valence-electron chi connectivity index (χ0n) is 62.9. The van der Waals surface area contributed by atoms with Crippen LogP contribution in [0.2, 0.25) is 5.02 Å². The molecule has 0 unspecified atom stereocenters. The molecule has 113 heavy (non-hydrogen) atoms. The van der Waals surface area contributed by atoms with Gasteiger partial charge in [-0.05, 0) is 113 Å². The number of guanidine groups is 1. The van der Waals surface area contributed by atoms with Crippen LogP contribution >= 0.6 is 11.6 Å². The summed E-state index contributed by atoms with van der Waals surface area (Å²) < 4.78 is 5.53. The Bertz CT molecular complexity index is 4360. The lowest BCUT2D eigenvalue weighted by Crippen LogP contribution is -2.61. The molecule has 0 aromatic heterocycles. The molecule has 0 saturated carbocycles. The van der Waals surface area contributed by atoms with E-state index >= 15 is 19.2 Å². The lowest BCUT2D eigenvalue weighted by Gasteiger charge is -2.31. The van der Waals surface area contributed by atoms with Crippen molar-refractivity contribution in [2.45, 2.75) is 152 Å². The average molecular weight is 1580 g/mol. The number of carboxylic acid groups (broad SMARTS) is 2. The molecule has 2 aliphatic heterocycles. The van der Waals surface area contributed by atoms with Gasteiger partial charge in [-0.15, -0.1) is 0 Å². The number of nitrogens with zero attached hydrogens (tertiary/aromatic N) is 2. The summed E-state index contributed by atoms with van der Waals surface area (Å²) in [5.41, 5.74) is 13.7. The molecule has 602 valence electrons. The Hall–Kier alpha value is -11.9. The minimum atomic E-state index is -1.89. The lowest BCUT2D eigenvalue weighted by molar-refractivity contribution is -0.142. The summed E-state index contributed by atoms with van der Waals surface area (Å²) in [6.07, 6.45) is -1.32. The molecule has 6 aromatic carbocycles. The van der Waals surface area contributed by atoms with Crippen LogP contribution in [0.5, 0.6) is 0 Å². The van der Waals surface area contributed by atoms with E-state index in [1.54, 1.807) is 98.8 Å². The summed E-state index contributed by atoms with van der Waals surface area (Å²) in [7, 11) is 0. The molecular formula is C80H98ClN15O17. The number of nitrogens with one attached hydrogen (secondary N) is 11. The molecule has 0 spiro atoms. The first-order valence-corrected chi connectivity index (χ1v) is 37.6. The molecule has 8 rings (SSSR count). The minimum Gasteiger partial charge on any atom is -0.481 e. The molecule has 18 N–H and O–H groups in total. The van der Waals surface area contributed by atoms with Gasteiger partial charge in [0.15, 0.2) is 5.96 Å². The van der Waals surface area contributed by atoms with Crippen molar-refractivity contribution >= 4 is 105 Å². The Morgan fingerprint density at radius 1 is 0.549 bits per heavy atom. The summed E-state index contributed by atoms with van der Waals surface area (Å²) in [4.78, 5) is 186. The molecule has 10 atom stereocenters. The fourth-order valence-electron chi connectivity index (χ4n) is 13.2. The Labute approximate surface area is 657 Å². The summed E-state index contributed by atoms with van der Waals surface area (Å²) >= 11 is 6.27. The highest BCUT2D eigenvalue weighted by Crippen LogP contribution is 2.25. The summed E-state index contributed by atoms with van der Waals surface area (Å²) in [6, 6.07) is 24.3. The number of benzene rings is 6. The zero-order valence-corrected chi connectivity index (χ0v) is 63.7. The Morgan fingerprint density at radius 2 is 1.06 bits per heavy atom. The number of morpholine rings is 1. The van der Waals surface area contributed by atoms with Gasteiger partial charge in [0.1, 0.15) is 66.8 Å². The number of primary amides is 1. The van der Waals surface area contributed by atoms with Gasteiger partial charge < -0.3 is 89.6 Å². The molecular weight excluding hydrogens is 1480 g/mol. The maximum absolute atomic E-state index is 15.4. The van der Waals surface area contributed by atoms with E-state index in [4.69, 9.17) is 33.2 Å². The SMILES string of the molecule is CC(C)C[C@H](NC(=O)[C@H](NC(=O)[C@H](Cc1ccc(CN2CCOCC2)cc1)NC(=O)[C@H](CO)NC(=O)[C@@H](Cc1ccccc1)NC(=O)[C@@H](Cc1ccc(Cl)cc1)NC(=O)[C@@H](Cc1cccc2ccccc12)NC(=O)CC(=O)O)c1ccc(C(=O)O)cc1)C(=O)N[C@@H](CCCNC(=N)N)C(=O)N1CCC[C@H]1C(=O)N[C@H](C)C(N)=O. The van der Waals surface area contributed by atoms with Crippen molar-refractivity contribution in [3.8, 4) is 0 Å². The number of carbonyl (C=O) groups is 13. The first kappa shape index (κ1) is 86.7. The maximum atomic E-state index is 15.4. The number of nitrogens with two attached hydrogens (primary N) is 2. The highest BCUT2D eigenvalue weighted by Gasteiger charge is 2.41. The van der Waals surface area contributed by atoms with E-state index in [0.29, 0.717) is 66.5 Å². The van der Waals surface area contributed by atoms with E-state index in [2.05, 4.69) is 58.1 Å². The first-order chi connectivity index (χ1) is 54.0. The number of rotatable bonds is 40. The number of aliphatic carboxylic acids is 1. The van der Waals surface area contributed by atoms with Crippen LogP contribution in [0.3, 0.4) is 0 Å². The molecule has 2 fully saturated rings. The van der Waals surface area contributed by atoms with Crippen molar-refractivity contribution in [3.63, 3.8) is 0 Å². The van der Waals surface area contributed by atoms with Crippen LogP contribution in [0, 0.1) is 11.3 Å². The van der Waals surface area contributed by atoms with Crippen molar-refractivity contribution in [2.24, 2.45) is 17.4 Å². The van der Waals surface area contributed by atoms with Crippen molar-refractivity contribution in [3.05, 3.63) is 190 Å². The predicted molar refractivity (Wildman–Crippen MR) is 416 cm³/mol. The van der Waals surface area contributed by atoms with Crippen LogP contribution in [-0.4, -0.2) is 208 Å². The highest BCUT2D eigenvalue weighted by molar-refractivity contribution is 6.30. The van der Waals surface area contributed by atoms with Crippen molar-refractivity contribution in [1.82, 2.24) is 63.0 Å². The van der Waals surface area contributed by atoms with E-state index in [1.165, 1.54) is 36.1 Å². The number of hydrogen-bond donors (Lipinski definition) is 16. The number of aromatic carboxylic acids is 1. The van der Waals surface area contributed by atoms with Crippen LogP contribution < -0.4 is 64.6 Å². The standard InChI is InChI=1S/C80H98ClN15O17/c1-46(2)38-59(70(102)88-58(18-10-32-85-80(83)84)78(110)96-33-11-19-65(96)76(108)86-47(3)69(82)101)92-77(109)68(53-26-28-54(29-27-53)79(111)112)94-74(106)62(40-49-20-22-51(23-21-49)44-95-34-36-113-37-35-95)91-75(107)64(45-97)93-72(104)60(39-48-12-5-4-6-13-48)89-71(103)61(41-50-24-30-56(81)31-25-50)90-73(105)63(87-66(98)43-67(99)100)42-55-16-9-15-52-14-7-8-17-57(52)55/h4-9,12-17,20-31,46-47,58-65,68,97H,10-11,18-19,32-45H2,1-3H3,(H2,82,101)(H,86,108)(H,87,98)(H,88,102)(H,89,103)(H,90,105)(H,91,107)(H,92,109)(H,93,104)(H,94,106)(H,99,100)(H,111,112)(H4,83,84,85)/t47-,58+,59+,60-,61-,62+,63-,64+,65+,68-/m1/s1. The molecule has 6 aromatic rings. The van der Waals surface area contributed by atoms with E-state index in [9.17, 15) is 58.5 Å². The van der Waals surface area contributed by atoms with Gasteiger partial charge in [0.2, 0.25) is 65.0 Å². The largest absolute Gasteiger partial charge is 0.481 e. The van der Waals surface area contributed by atoms with Crippen LogP contribution in [0.25, 0.3) is 10.8 Å². The number of carbonyl (C=O) groups excluding carboxylic acids is 11. The smallest absolute Gasteiger partial charge is 0.335 e. The van der Waals surface area contributed by atoms with E-state index in [0.717, 1.165) is 16.3 Å². The number of hydrogen-bond acceptors (Lipinski definition) is 17. The van der Waals surface area contributed by atoms with Gasteiger partial charge in [0.25, 0.3) is 0 Å². The van der Waals surface area contributed by atoms with Crippen LogP contribution in [-0.2, 0) is 94.5 Å². The van der Waals surface area contributed by atoms with Crippen molar-refractivity contribution in [2.75, 3.05) is 46.0 Å². The van der Waals surface area contributed by atoms with Gasteiger partial charge in [0, 0.05) is 63.4 Å². The molecule has 0 bridgehead atoms. The molecule has 2 aliphatic rings. The Balaban J connectivity index is 1.09. The summed E-state index contributed by atoms with van der Waals surface area (Å²) in [5.74, 6) is -13.6. The number of fused-ring (bicyclic) bond motifs is 1.